The van der Waals surface area contributed by atoms with E-state index in [1.54, 1.807) is 0 Å². The second-order valence-corrected chi connectivity index (χ2v) is 10.0. The van der Waals surface area contributed by atoms with E-state index < -0.39 is 0 Å². The molecule has 27 heavy (non-hydrogen) atoms. The largest absolute Gasteiger partial charge is 0.286 e. The monoisotopic (exact) mass is 451 g/mol. The lowest BCUT2D eigenvalue weighted by atomic mass is 10.2. The molecule has 3 aromatic carbocycles. The molecule has 0 radical (unpaired) electrons. The second-order valence-electron chi connectivity index (χ2n) is 6.10. The molecule has 1 aliphatic heterocycles. The van der Waals surface area contributed by atoms with Gasteiger partial charge in [-0.1, -0.05) is 89.4 Å². The zero-order valence-corrected chi connectivity index (χ0v) is 18.0. The highest BCUT2D eigenvalue weighted by molar-refractivity contribution is 8.17. The van der Waals surface area contributed by atoms with Gasteiger partial charge in [0.1, 0.15) is 0 Å². The number of benzene rings is 3. The van der Waals surface area contributed by atoms with Crippen molar-refractivity contribution >= 4 is 58.3 Å². The minimum absolute atomic E-state index is 0.0301. The summed E-state index contributed by atoms with van der Waals surface area (Å²) >= 11 is 23.1. The maximum absolute atomic E-state index is 6.51. The minimum atomic E-state index is 0.0301. The van der Waals surface area contributed by atoms with Gasteiger partial charge in [0, 0.05) is 15.1 Å². The van der Waals surface area contributed by atoms with Gasteiger partial charge in [0.05, 0.1) is 15.3 Å². The Morgan fingerprint density at radius 3 is 1.33 bits per heavy atom. The van der Waals surface area contributed by atoms with E-state index in [1.165, 1.54) is 0 Å². The van der Waals surface area contributed by atoms with E-state index in [0.717, 1.165) is 31.8 Å². The first-order valence-corrected chi connectivity index (χ1v) is 11.5. The maximum Gasteiger partial charge on any atom is 0.0829 e. The van der Waals surface area contributed by atoms with Crippen LogP contribution in [0.15, 0.2) is 72.8 Å². The fraction of sp³-hybridized carbons (Fsp3) is 0.143. The summed E-state index contributed by atoms with van der Waals surface area (Å²) < 4.78 is 0.155. The highest BCUT2D eigenvalue weighted by Gasteiger charge is 2.34. The molecule has 1 fully saturated rings. The van der Waals surface area contributed by atoms with Crippen molar-refractivity contribution in [2.45, 2.75) is 15.3 Å². The first kappa shape index (κ1) is 19.5. The van der Waals surface area contributed by atoms with Gasteiger partial charge < -0.3 is 0 Å². The summed E-state index contributed by atoms with van der Waals surface area (Å²) in [5.74, 6) is 0. The smallest absolute Gasteiger partial charge is 0.0829 e. The molecule has 138 valence electrons. The SMILES string of the molecule is Clc1ccccc1C1NC(c2ccccc2Cl)SC(c2ccccc2Cl)S1. The highest BCUT2D eigenvalue weighted by atomic mass is 35.5. The number of hydrogen-bond acceptors (Lipinski definition) is 3. The van der Waals surface area contributed by atoms with Gasteiger partial charge >= 0.3 is 0 Å². The van der Waals surface area contributed by atoms with Crippen molar-refractivity contribution in [1.29, 1.82) is 0 Å². The van der Waals surface area contributed by atoms with Crippen LogP contribution in [0, 0.1) is 0 Å². The van der Waals surface area contributed by atoms with Crippen LogP contribution >= 0.6 is 58.3 Å². The normalized spacial score (nSPS) is 22.6. The molecule has 0 aromatic heterocycles. The van der Waals surface area contributed by atoms with Gasteiger partial charge in [-0.3, -0.25) is 5.32 Å². The Hall–Kier alpha value is -0.810. The Kier molecular flexibility index (Phi) is 6.28. The molecule has 0 bridgehead atoms. The van der Waals surface area contributed by atoms with E-state index in [-0.39, 0.29) is 15.3 Å². The highest BCUT2D eigenvalue weighted by Crippen LogP contribution is 2.57. The molecule has 1 nitrogen and oxygen atoms in total. The molecule has 1 N–H and O–H groups in total. The fourth-order valence-corrected chi connectivity index (χ4v) is 7.34. The van der Waals surface area contributed by atoms with Gasteiger partial charge in [-0.15, -0.1) is 23.5 Å². The topological polar surface area (TPSA) is 12.0 Å². The van der Waals surface area contributed by atoms with E-state index >= 15 is 0 Å². The summed E-state index contributed by atoms with van der Waals surface area (Å²) in [6, 6.07) is 23.9. The van der Waals surface area contributed by atoms with Crippen molar-refractivity contribution < 1.29 is 0 Å². The zero-order valence-electron chi connectivity index (χ0n) is 14.1. The van der Waals surface area contributed by atoms with Crippen LogP contribution in [-0.4, -0.2) is 0 Å². The molecule has 1 saturated heterocycles. The van der Waals surface area contributed by atoms with Crippen LogP contribution in [0.25, 0.3) is 0 Å². The molecule has 6 heteroatoms. The van der Waals surface area contributed by atoms with E-state index in [4.69, 9.17) is 34.8 Å². The molecule has 3 aromatic rings. The first-order valence-electron chi connectivity index (χ1n) is 8.44. The molecule has 1 heterocycles. The Morgan fingerprint density at radius 2 is 0.926 bits per heavy atom. The predicted octanol–water partition coefficient (Wildman–Crippen LogP) is 8.11. The van der Waals surface area contributed by atoms with Crippen LogP contribution in [0.1, 0.15) is 32.0 Å². The van der Waals surface area contributed by atoms with Crippen molar-refractivity contribution in [3.05, 3.63) is 105 Å². The molecule has 0 amide bonds. The third kappa shape index (κ3) is 4.29. The van der Waals surface area contributed by atoms with E-state index in [2.05, 4.69) is 23.5 Å². The van der Waals surface area contributed by atoms with Crippen molar-refractivity contribution in [3.8, 4) is 0 Å². The van der Waals surface area contributed by atoms with Gasteiger partial charge in [0.15, 0.2) is 0 Å². The fourth-order valence-electron chi connectivity index (χ4n) is 3.01. The van der Waals surface area contributed by atoms with Crippen LogP contribution in [0.3, 0.4) is 0 Å². The van der Waals surface area contributed by atoms with Crippen LogP contribution < -0.4 is 5.32 Å². The number of rotatable bonds is 3. The quantitative estimate of drug-likeness (QED) is 0.431. The summed E-state index contributed by atoms with van der Waals surface area (Å²) in [5.41, 5.74) is 3.25. The third-order valence-electron chi connectivity index (χ3n) is 4.36. The lowest BCUT2D eigenvalue weighted by Gasteiger charge is -2.37. The maximum atomic E-state index is 6.51. The second kappa shape index (κ2) is 8.69. The van der Waals surface area contributed by atoms with Crippen LogP contribution in [-0.2, 0) is 0 Å². The summed E-state index contributed by atoms with van der Waals surface area (Å²) in [6.45, 7) is 0. The van der Waals surface area contributed by atoms with Gasteiger partial charge in [0.25, 0.3) is 0 Å². The molecule has 4 rings (SSSR count). The molecule has 0 aliphatic carbocycles. The van der Waals surface area contributed by atoms with E-state index in [9.17, 15) is 0 Å². The van der Waals surface area contributed by atoms with Gasteiger partial charge in [-0.2, -0.15) is 0 Å². The Bertz CT molecular complexity index is 822. The number of thioether (sulfide) groups is 2. The molecular formula is C21H16Cl3NS2. The molecule has 2 atom stereocenters. The molecule has 0 spiro atoms. The van der Waals surface area contributed by atoms with Gasteiger partial charge in [0.2, 0.25) is 0 Å². The van der Waals surface area contributed by atoms with Crippen molar-refractivity contribution in [3.63, 3.8) is 0 Å². The van der Waals surface area contributed by atoms with Crippen molar-refractivity contribution in [2.24, 2.45) is 0 Å². The number of hydrogen-bond donors (Lipinski definition) is 1. The van der Waals surface area contributed by atoms with Gasteiger partial charge in [-0.05, 0) is 34.9 Å². The van der Waals surface area contributed by atoms with Crippen LogP contribution in [0.2, 0.25) is 15.1 Å². The van der Waals surface area contributed by atoms with Crippen molar-refractivity contribution in [2.75, 3.05) is 0 Å². The summed E-state index contributed by atoms with van der Waals surface area (Å²) in [6.07, 6.45) is 0. The predicted molar refractivity (Wildman–Crippen MR) is 121 cm³/mol. The summed E-state index contributed by atoms with van der Waals surface area (Å²) in [7, 11) is 0. The average molecular weight is 453 g/mol. The number of halogens is 3. The molecule has 0 saturated carbocycles. The van der Waals surface area contributed by atoms with E-state index in [1.807, 2.05) is 78.1 Å². The Balaban J connectivity index is 1.74. The summed E-state index contributed by atoms with van der Waals surface area (Å²) in [5, 5.41) is 6.05. The first-order chi connectivity index (χ1) is 13.1. The summed E-state index contributed by atoms with van der Waals surface area (Å²) in [4.78, 5) is 0. The minimum Gasteiger partial charge on any atom is -0.286 e. The lowest BCUT2D eigenvalue weighted by molar-refractivity contribution is 0.654. The standard InChI is InChI=1S/C21H16Cl3NS2/c22-16-10-4-1-7-13(16)19-25-20(14-8-2-5-11-17(14)23)27-21(26-19)15-9-3-6-12-18(15)24/h1-12,19-21,25H. The molecular weight excluding hydrogens is 437 g/mol. The van der Waals surface area contributed by atoms with Crippen LogP contribution in [0.4, 0.5) is 0 Å². The van der Waals surface area contributed by atoms with Gasteiger partial charge in [-0.25, -0.2) is 0 Å². The Labute approximate surface area is 182 Å². The number of nitrogens with one attached hydrogen (secondary N) is 1. The molecule has 1 aliphatic rings. The average Bonchev–Trinajstić information content (AvgIpc) is 2.69. The third-order valence-corrected chi connectivity index (χ3v) is 8.38. The Morgan fingerprint density at radius 1 is 0.556 bits per heavy atom. The van der Waals surface area contributed by atoms with Crippen LogP contribution in [0.5, 0.6) is 0 Å². The van der Waals surface area contributed by atoms with E-state index in [0.29, 0.717) is 0 Å². The molecule has 2 unspecified atom stereocenters. The zero-order chi connectivity index (χ0) is 18.8. The lowest BCUT2D eigenvalue weighted by Crippen LogP contribution is -2.28. The van der Waals surface area contributed by atoms with Crippen molar-refractivity contribution in [1.82, 2.24) is 5.32 Å².